The molecule has 0 aliphatic heterocycles. The Bertz CT molecular complexity index is 1230. The van der Waals surface area contributed by atoms with E-state index in [2.05, 4.69) is 74.7 Å². The summed E-state index contributed by atoms with van der Waals surface area (Å²) in [6, 6.07) is 21.1. The average Bonchev–Trinajstić information content (AvgIpc) is 3.82. The van der Waals surface area contributed by atoms with Gasteiger partial charge < -0.3 is 16.4 Å². The lowest BCUT2D eigenvalue weighted by atomic mass is 9.96. The Hall–Kier alpha value is -3.44. The Morgan fingerprint density at radius 2 is 1.63 bits per heavy atom. The van der Waals surface area contributed by atoms with Crippen molar-refractivity contribution in [2.24, 2.45) is 10.7 Å². The number of nitrogens with zero attached hydrogens (tertiary/aromatic N) is 1. The summed E-state index contributed by atoms with van der Waals surface area (Å²) in [4.78, 5) is 16.9. The van der Waals surface area contributed by atoms with E-state index >= 15 is 0 Å². The van der Waals surface area contributed by atoms with Crippen LogP contribution < -0.4 is 16.4 Å². The molecule has 3 aromatic rings. The Balaban J connectivity index is 0.00000124. The van der Waals surface area contributed by atoms with Gasteiger partial charge in [-0.2, -0.15) is 0 Å². The molecule has 1 aliphatic rings. The first-order valence-electron chi connectivity index (χ1n) is 14.0. The SMILES string of the molecule is C1CC1.CCc1ccc(CC(C)N=C(c2ccc(NC(=O)CN)cc2)c2cc(C)ccc2NC)cc1CC. The highest BCUT2D eigenvalue weighted by Crippen LogP contribution is 2.24. The Morgan fingerprint density at radius 3 is 2.21 bits per heavy atom. The van der Waals surface area contributed by atoms with Gasteiger partial charge >= 0.3 is 0 Å². The molecule has 38 heavy (non-hydrogen) atoms. The zero-order valence-corrected chi connectivity index (χ0v) is 23.7. The summed E-state index contributed by atoms with van der Waals surface area (Å²) in [7, 11) is 1.93. The summed E-state index contributed by atoms with van der Waals surface area (Å²) in [6.07, 6.45) is 7.47. The predicted molar refractivity (Wildman–Crippen MR) is 163 cm³/mol. The third-order valence-electron chi connectivity index (χ3n) is 6.59. The van der Waals surface area contributed by atoms with Gasteiger partial charge in [0.25, 0.3) is 0 Å². The minimum atomic E-state index is -0.211. The second-order valence-corrected chi connectivity index (χ2v) is 10.0. The van der Waals surface area contributed by atoms with Gasteiger partial charge in [0.15, 0.2) is 0 Å². The molecule has 0 aromatic heterocycles. The molecule has 4 N–H and O–H groups in total. The predicted octanol–water partition coefficient (Wildman–Crippen LogP) is 6.70. The zero-order chi connectivity index (χ0) is 27.5. The van der Waals surface area contributed by atoms with E-state index in [-0.39, 0.29) is 18.5 Å². The Kier molecular flexibility index (Phi) is 11.1. The fourth-order valence-corrected chi connectivity index (χ4v) is 4.38. The lowest BCUT2D eigenvalue weighted by molar-refractivity contribution is -0.114. The van der Waals surface area contributed by atoms with Crippen LogP contribution in [0.2, 0.25) is 0 Å². The molecule has 5 heteroatoms. The number of rotatable bonds is 10. The standard InChI is InChI=1S/C30H38N4O.C3H6/c1-6-23-10-9-22(18-24(23)7-2)17-21(4)33-30(27-16-20(3)8-15-28(27)32-5)25-11-13-26(14-12-25)34-29(35)19-31;1-2-3-1/h8-16,18,21,32H,6-7,17,19,31H2,1-5H3,(H,34,35);1-3H2. The van der Waals surface area contributed by atoms with E-state index in [4.69, 9.17) is 10.7 Å². The number of nitrogens with two attached hydrogens (primary N) is 1. The number of aliphatic imine (C=N–C) groups is 1. The molecule has 1 amide bonds. The van der Waals surface area contributed by atoms with Crippen LogP contribution in [0.15, 0.2) is 65.7 Å². The molecule has 5 nitrogen and oxygen atoms in total. The van der Waals surface area contributed by atoms with E-state index in [1.807, 2.05) is 31.3 Å². The number of nitrogens with one attached hydrogen (secondary N) is 2. The lowest BCUT2D eigenvalue weighted by Gasteiger charge is -2.17. The highest BCUT2D eigenvalue weighted by Gasteiger charge is 2.15. The van der Waals surface area contributed by atoms with Gasteiger partial charge in [0.05, 0.1) is 18.3 Å². The van der Waals surface area contributed by atoms with Gasteiger partial charge in [-0.05, 0) is 74.1 Å². The monoisotopic (exact) mass is 512 g/mol. The second kappa shape index (κ2) is 14.5. The first kappa shape index (κ1) is 29.1. The summed E-state index contributed by atoms with van der Waals surface area (Å²) in [5, 5.41) is 6.12. The number of aryl methyl sites for hydroxylation is 3. The van der Waals surface area contributed by atoms with E-state index in [1.54, 1.807) is 0 Å². The first-order chi connectivity index (χ1) is 18.4. The maximum atomic E-state index is 11.7. The normalized spacial score (nSPS) is 13.3. The molecule has 0 heterocycles. The molecule has 0 spiro atoms. The van der Waals surface area contributed by atoms with Gasteiger partial charge in [0.2, 0.25) is 5.91 Å². The van der Waals surface area contributed by atoms with Crippen molar-refractivity contribution in [1.29, 1.82) is 0 Å². The van der Waals surface area contributed by atoms with Gasteiger partial charge in [-0.25, -0.2) is 0 Å². The van der Waals surface area contributed by atoms with E-state index in [1.165, 1.54) is 41.5 Å². The maximum Gasteiger partial charge on any atom is 0.238 e. The van der Waals surface area contributed by atoms with Crippen molar-refractivity contribution >= 4 is 23.0 Å². The molecule has 0 saturated heterocycles. The molecule has 1 aliphatic carbocycles. The number of carbonyl (C=O) groups excluding carboxylic acids is 1. The first-order valence-corrected chi connectivity index (χ1v) is 14.0. The van der Waals surface area contributed by atoms with Gasteiger partial charge in [0.1, 0.15) is 0 Å². The number of hydrogen-bond donors (Lipinski definition) is 3. The minimum absolute atomic E-state index is 0.0419. The van der Waals surface area contributed by atoms with Crippen LogP contribution >= 0.6 is 0 Å². The van der Waals surface area contributed by atoms with E-state index in [0.717, 1.165) is 47.5 Å². The van der Waals surface area contributed by atoms with Crippen LogP contribution in [-0.2, 0) is 24.1 Å². The third kappa shape index (κ3) is 8.56. The fourth-order valence-electron chi connectivity index (χ4n) is 4.38. The van der Waals surface area contributed by atoms with Crippen molar-refractivity contribution in [1.82, 2.24) is 0 Å². The van der Waals surface area contributed by atoms with Gasteiger partial charge in [0, 0.05) is 29.5 Å². The van der Waals surface area contributed by atoms with Crippen LogP contribution in [0.5, 0.6) is 0 Å². The van der Waals surface area contributed by atoms with Crippen LogP contribution in [0, 0.1) is 6.92 Å². The van der Waals surface area contributed by atoms with E-state index < -0.39 is 0 Å². The van der Waals surface area contributed by atoms with Gasteiger partial charge in [-0.3, -0.25) is 9.79 Å². The Labute approximate surface area is 229 Å². The molecule has 0 bridgehead atoms. The van der Waals surface area contributed by atoms with Crippen LogP contribution in [-0.4, -0.2) is 31.3 Å². The molecule has 4 rings (SSSR count). The summed E-state index contributed by atoms with van der Waals surface area (Å²) < 4.78 is 0. The molecule has 1 fully saturated rings. The van der Waals surface area contributed by atoms with Crippen LogP contribution in [0.25, 0.3) is 0 Å². The molecule has 3 aromatic carbocycles. The Morgan fingerprint density at radius 1 is 0.947 bits per heavy atom. The third-order valence-corrected chi connectivity index (χ3v) is 6.59. The van der Waals surface area contributed by atoms with Crippen molar-refractivity contribution in [3.05, 3.63) is 94.0 Å². The van der Waals surface area contributed by atoms with Crippen molar-refractivity contribution in [2.45, 2.75) is 72.3 Å². The van der Waals surface area contributed by atoms with Crippen molar-refractivity contribution in [3.8, 4) is 0 Å². The second-order valence-electron chi connectivity index (χ2n) is 10.0. The number of hydrogen-bond acceptors (Lipinski definition) is 4. The number of carbonyl (C=O) groups is 1. The summed E-state index contributed by atoms with van der Waals surface area (Å²) in [5.74, 6) is -0.211. The van der Waals surface area contributed by atoms with Crippen LogP contribution in [0.1, 0.15) is 73.4 Å². The van der Waals surface area contributed by atoms with Crippen LogP contribution in [0.3, 0.4) is 0 Å². The molecular formula is C33H44N4O. The highest BCUT2D eigenvalue weighted by atomic mass is 16.1. The number of benzene rings is 3. The van der Waals surface area contributed by atoms with Crippen LogP contribution in [0.4, 0.5) is 11.4 Å². The molecule has 1 atom stereocenters. The molecule has 0 radical (unpaired) electrons. The number of amides is 1. The van der Waals surface area contributed by atoms with Gasteiger partial charge in [-0.15, -0.1) is 0 Å². The summed E-state index contributed by atoms with van der Waals surface area (Å²) in [6.45, 7) is 8.65. The number of anilines is 2. The molecule has 1 saturated carbocycles. The van der Waals surface area contributed by atoms with E-state index in [9.17, 15) is 4.79 Å². The molecular weight excluding hydrogens is 468 g/mol. The van der Waals surface area contributed by atoms with E-state index in [0.29, 0.717) is 0 Å². The zero-order valence-electron chi connectivity index (χ0n) is 23.7. The quantitative estimate of drug-likeness (QED) is 0.265. The smallest absolute Gasteiger partial charge is 0.238 e. The summed E-state index contributed by atoms with van der Waals surface area (Å²) in [5.41, 5.74) is 15.5. The van der Waals surface area contributed by atoms with Crippen molar-refractivity contribution < 1.29 is 4.79 Å². The minimum Gasteiger partial charge on any atom is -0.388 e. The molecule has 202 valence electrons. The summed E-state index contributed by atoms with van der Waals surface area (Å²) >= 11 is 0. The molecule has 1 unspecified atom stereocenters. The van der Waals surface area contributed by atoms with Crippen molar-refractivity contribution in [2.75, 3.05) is 24.2 Å². The highest BCUT2D eigenvalue weighted by molar-refractivity contribution is 6.16. The topological polar surface area (TPSA) is 79.5 Å². The maximum absolute atomic E-state index is 11.7. The van der Waals surface area contributed by atoms with Gasteiger partial charge in [-0.1, -0.05) is 75.1 Å². The average molecular weight is 513 g/mol. The van der Waals surface area contributed by atoms with Crippen molar-refractivity contribution in [3.63, 3.8) is 0 Å². The fraction of sp³-hybridized carbons (Fsp3) is 0.394. The lowest BCUT2D eigenvalue weighted by Crippen LogP contribution is -2.21. The largest absolute Gasteiger partial charge is 0.388 e.